The van der Waals surface area contributed by atoms with Crippen LogP contribution in [0.1, 0.15) is 72.1 Å². The van der Waals surface area contributed by atoms with Gasteiger partial charge in [-0.2, -0.15) is 0 Å². The second kappa shape index (κ2) is 7.37. The molecular formula is C12H27N. The fourth-order valence-electron chi connectivity index (χ4n) is 1.68. The van der Waals surface area contributed by atoms with Gasteiger partial charge in [0.2, 0.25) is 0 Å². The van der Waals surface area contributed by atoms with Gasteiger partial charge in [0, 0.05) is 5.54 Å². The van der Waals surface area contributed by atoms with Gasteiger partial charge in [-0.3, -0.25) is 0 Å². The fourth-order valence-corrected chi connectivity index (χ4v) is 1.68. The Labute approximate surface area is 84.1 Å². The summed E-state index contributed by atoms with van der Waals surface area (Å²) < 4.78 is 0. The van der Waals surface area contributed by atoms with Crippen LogP contribution in [0.25, 0.3) is 0 Å². The highest BCUT2D eigenvalue weighted by Crippen LogP contribution is 2.20. The van der Waals surface area contributed by atoms with E-state index in [4.69, 9.17) is 5.73 Å². The molecule has 0 aromatic carbocycles. The average Bonchev–Trinajstić information content (AvgIpc) is 2.17. The lowest BCUT2D eigenvalue weighted by atomic mass is 9.88. The predicted octanol–water partition coefficient (Wildman–Crippen LogP) is 3.86. The molecule has 0 fully saturated rings. The molecule has 0 unspecified atom stereocenters. The zero-order valence-corrected chi connectivity index (χ0v) is 9.73. The first kappa shape index (κ1) is 13.0. The van der Waals surface area contributed by atoms with Crippen LogP contribution < -0.4 is 5.73 Å². The highest BCUT2D eigenvalue weighted by molar-refractivity contribution is 4.80. The highest BCUT2D eigenvalue weighted by Gasteiger charge is 2.18. The van der Waals surface area contributed by atoms with E-state index in [1.54, 1.807) is 0 Å². The summed E-state index contributed by atoms with van der Waals surface area (Å²) >= 11 is 0. The Bertz CT molecular complexity index is 106. The minimum absolute atomic E-state index is 0.131. The lowest BCUT2D eigenvalue weighted by molar-refractivity contribution is 0.350. The molecule has 0 radical (unpaired) electrons. The van der Waals surface area contributed by atoms with E-state index in [-0.39, 0.29) is 5.54 Å². The predicted molar refractivity (Wildman–Crippen MR) is 60.9 cm³/mol. The maximum atomic E-state index is 6.21. The molecule has 0 saturated heterocycles. The standard InChI is InChI=1S/C12H27N/c1-4-7-8-9-10-11-12(13,5-2)6-3/h4-11,13H2,1-3H3. The Morgan fingerprint density at radius 1 is 0.846 bits per heavy atom. The Kier molecular flexibility index (Phi) is 7.35. The molecule has 0 saturated carbocycles. The van der Waals surface area contributed by atoms with Gasteiger partial charge in [-0.05, 0) is 19.3 Å². The number of hydrogen-bond acceptors (Lipinski definition) is 1. The van der Waals surface area contributed by atoms with E-state index in [9.17, 15) is 0 Å². The summed E-state index contributed by atoms with van der Waals surface area (Å²) in [6.07, 6.45) is 10.2. The maximum absolute atomic E-state index is 6.21. The van der Waals surface area contributed by atoms with Gasteiger partial charge in [-0.1, -0.05) is 52.9 Å². The second-order valence-corrected chi connectivity index (χ2v) is 4.23. The van der Waals surface area contributed by atoms with Crippen molar-refractivity contribution in [2.75, 3.05) is 0 Å². The van der Waals surface area contributed by atoms with Gasteiger partial charge in [0.15, 0.2) is 0 Å². The highest BCUT2D eigenvalue weighted by atomic mass is 14.7. The molecule has 1 heteroatoms. The first-order chi connectivity index (χ1) is 6.18. The SMILES string of the molecule is CCCCCCCC(N)(CC)CC. The summed E-state index contributed by atoms with van der Waals surface area (Å²) in [7, 11) is 0. The van der Waals surface area contributed by atoms with E-state index < -0.39 is 0 Å². The van der Waals surface area contributed by atoms with Gasteiger partial charge in [-0.25, -0.2) is 0 Å². The van der Waals surface area contributed by atoms with Crippen molar-refractivity contribution in [1.29, 1.82) is 0 Å². The number of rotatable bonds is 8. The van der Waals surface area contributed by atoms with Crippen molar-refractivity contribution in [2.24, 2.45) is 5.73 Å². The van der Waals surface area contributed by atoms with Crippen LogP contribution in [-0.2, 0) is 0 Å². The molecule has 0 rings (SSSR count). The lowest BCUT2D eigenvalue weighted by Crippen LogP contribution is -2.38. The number of hydrogen-bond donors (Lipinski definition) is 1. The van der Waals surface area contributed by atoms with Gasteiger partial charge in [0.05, 0.1) is 0 Å². The van der Waals surface area contributed by atoms with Crippen LogP contribution in [0.5, 0.6) is 0 Å². The smallest absolute Gasteiger partial charge is 0.0149 e. The van der Waals surface area contributed by atoms with Crippen molar-refractivity contribution in [3.05, 3.63) is 0 Å². The minimum Gasteiger partial charge on any atom is -0.325 e. The summed E-state index contributed by atoms with van der Waals surface area (Å²) in [4.78, 5) is 0. The molecule has 0 heterocycles. The summed E-state index contributed by atoms with van der Waals surface area (Å²) in [6, 6.07) is 0. The Morgan fingerprint density at radius 3 is 1.85 bits per heavy atom. The molecule has 0 atom stereocenters. The van der Waals surface area contributed by atoms with Crippen molar-refractivity contribution in [2.45, 2.75) is 77.7 Å². The van der Waals surface area contributed by atoms with Crippen LogP contribution in [0, 0.1) is 0 Å². The molecule has 0 aliphatic carbocycles. The van der Waals surface area contributed by atoms with E-state index in [1.807, 2.05) is 0 Å². The molecule has 0 spiro atoms. The van der Waals surface area contributed by atoms with Crippen LogP contribution >= 0.6 is 0 Å². The second-order valence-electron chi connectivity index (χ2n) is 4.23. The van der Waals surface area contributed by atoms with Gasteiger partial charge < -0.3 is 5.73 Å². The van der Waals surface area contributed by atoms with E-state index in [0.29, 0.717) is 0 Å². The zero-order chi connectivity index (χ0) is 10.2. The fraction of sp³-hybridized carbons (Fsp3) is 1.00. The molecule has 0 aliphatic rings. The Hall–Kier alpha value is -0.0400. The minimum atomic E-state index is 0.131. The molecule has 0 aromatic rings. The maximum Gasteiger partial charge on any atom is 0.0149 e. The van der Waals surface area contributed by atoms with E-state index in [1.165, 1.54) is 38.5 Å². The van der Waals surface area contributed by atoms with Crippen LogP contribution in [0.2, 0.25) is 0 Å². The molecule has 2 N–H and O–H groups in total. The molecule has 0 amide bonds. The molecular weight excluding hydrogens is 158 g/mol. The van der Waals surface area contributed by atoms with Crippen molar-refractivity contribution < 1.29 is 0 Å². The first-order valence-corrected chi connectivity index (χ1v) is 5.97. The zero-order valence-electron chi connectivity index (χ0n) is 9.73. The van der Waals surface area contributed by atoms with Gasteiger partial charge in [0.25, 0.3) is 0 Å². The van der Waals surface area contributed by atoms with Gasteiger partial charge in [0.1, 0.15) is 0 Å². The topological polar surface area (TPSA) is 26.0 Å². The van der Waals surface area contributed by atoms with Crippen molar-refractivity contribution in [1.82, 2.24) is 0 Å². The number of nitrogens with two attached hydrogens (primary N) is 1. The van der Waals surface area contributed by atoms with Crippen LogP contribution in [0.15, 0.2) is 0 Å². The van der Waals surface area contributed by atoms with E-state index in [0.717, 1.165) is 12.8 Å². The van der Waals surface area contributed by atoms with Crippen molar-refractivity contribution in [3.63, 3.8) is 0 Å². The van der Waals surface area contributed by atoms with Crippen molar-refractivity contribution in [3.8, 4) is 0 Å². The van der Waals surface area contributed by atoms with Gasteiger partial charge >= 0.3 is 0 Å². The normalized spacial score (nSPS) is 12.0. The van der Waals surface area contributed by atoms with Crippen LogP contribution in [0.3, 0.4) is 0 Å². The molecule has 0 bridgehead atoms. The third-order valence-electron chi connectivity index (χ3n) is 3.19. The first-order valence-electron chi connectivity index (χ1n) is 5.97. The summed E-state index contributed by atoms with van der Waals surface area (Å²) in [6.45, 7) is 6.66. The van der Waals surface area contributed by atoms with Gasteiger partial charge in [-0.15, -0.1) is 0 Å². The Morgan fingerprint density at radius 2 is 1.38 bits per heavy atom. The molecule has 1 nitrogen and oxygen atoms in total. The number of unbranched alkanes of at least 4 members (excludes halogenated alkanes) is 4. The summed E-state index contributed by atoms with van der Waals surface area (Å²) in [5, 5.41) is 0. The quantitative estimate of drug-likeness (QED) is 0.571. The third-order valence-corrected chi connectivity index (χ3v) is 3.19. The lowest BCUT2D eigenvalue weighted by Gasteiger charge is -2.26. The van der Waals surface area contributed by atoms with Crippen LogP contribution in [-0.4, -0.2) is 5.54 Å². The largest absolute Gasteiger partial charge is 0.325 e. The Balaban J connectivity index is 3.39. The third kappa shape index (κ3) is 6.09. The molecule has 0 aromatic heterocycles. The summed E-state index contributed by atoms with van der Waals surface area (Å²) in [5.41, 5.74) is 6.34. The monoisotopic (exact) mass is 185 g/mol. The summed E-state index contributed by atoms with van der Waals surface area (Å²) in [5.74, 6) is 0. The van der Waals surface area contributed by atoms with Crippen LogP contribution in [0.4, 0.5) is 0 Å². The molecule has 13 heavy (non-hydrogen) atoms. The molecule has 0 aliphatic heterocycles. The molecule has 80 valence electrons. The van der Waals surface area contributed by atoms with E-state index >= 15 is 0 Å². The van der Waals surface area contributed by atoms with Crippen molar-refractivity contribution >= 4 is 0 Å². The average molecular weight is 185 g/mol. The van der Waals surface area contributed by atoms with E-state index in [2.05, 4.69) is 20.8 Å².